The average Bonchev–Trinajstić information content (AvgIpc) is 3.16. The topological polar surface area (TPSA) is 41.0 Å². The molecule has 25 heavy (non-hydrogen) atoms. The van der Waals surface area contributed by atoms with Gasteiger partial charge < -0.3 is 10.2 Å². The van der Waals surface area contributed by atoms with Crippen LogP contribution in [-0.2, 0) is 0 Å². The fraction of sp³-hybridized carbons (Fsp3) is 0.500. The van der Waals surface area contributed by atoms with Gasteiger partial charge in [-0.1, -0.05) is 30.3 Å². The largest absolute Gasteiger partial charge is 0.356 e. The molecule has 5 heteroatoms. The molecule has 0 aliphatic carbocycles. The summed E-state index contributed by atoms with van der Waals surface area (Å²) in [5, 5.41) is 3.86. The third-order valence-corrected chi connectivity index (χ3v) is 6.26. The number of hydrogen-bond acceptors (Lipinski definition) is 5. The van der Waals surface area contributed by atoms with Gasteiger partial charge in [-0.05, 0) is 31.9 Å². The van der Waals surface area contributed by atoms with Crippen LogP contribution in [0.2, 0.25) is 0 Å². The van der Waals surface area contributed by atoms with Crippen molar-refractivity contribution >= 4 is 17.6 Å². The highest BCUT2D eigenvalue weighted by atomic mass is 32.2. The molecular formula is C20H26N4S. The van der Waals surface area contributed by atoms with Crippen molar-refractivity contribution in [2.24, 2.45) is 0 Å². The number of nitrogens with one attached hydrogen (secondary N) is 1. The van der Waals surface area contributed by atoms with Gasteiger partial charge >= 0.3 is 0 Å². The molecule has 0 amide bonds. The maximum Gasteiger partial charge on any atom is 0.161 e. The second-order valence-electron chi connectivity index (χ2n) is 7.05. The molecule has 4 nitrogen and oxygen atoms in total. The van der Waals surface area contributed by atoms with E-state index >= 15 is 0 Å². The molecule has 1 atom stereocenters. The zero-order valence-corrected chi connectivity index (χ0v) is 15.6. The smallest absolute Gasteiger partial charge is 0.161 e. The molecule has 1 aromatic carbocycles. The zero-order valence-electron chi connectivity index (χ0n) is 14.8. The number of aromatic nitrogens is 2. The third kappa shape index (κ3) is 4.15. The number of thioether (sulfide) groups is 1. The lowest BCUT2D eigenvalue weighted by Crippen LogP contribution is -2.46. The Balaban J connectivity index is 1.43. The lowest BCUT2D eigenvalue weighted by Gasteiger charge is -2.34. The standard InChI is InChI=1S/C20H26N4S/c1-15-13-19(23-20(21-15)16-5-3-2-4-6-16)24-10-7-17(8-11-24)22-18-9-12-25-14-18/h2-6,13,17-18,22H,7-12,14H2,1H3/t18-/m0/s1. The average molecular weight is 355 g/mol. The molecule has 1 aromatic heterocycles. The Labute approximate surface area is 154 Å². The second kappa shape index (κ2) is 7.75. The van der Waals surface area contributed by atoms with E-state index in [-0.39, 0.29) is 0 Å². The van der Waals surface area contributed by atoms with Crippen LogP contribution in [0.5, 0.6) is 0 Å². The van der Waals surface area contributed by atoms with Crippen LogP contribution >= 0.6 is 11.8 Å². The number of nitrogens with zero attached hydrogens (tertiary/aromatic N) is 3. The van der Waals surface area contributed by atoms with Crippen molar-refractivity contribution in [3.05, 3.63) is 42.1 Å². The van der Waals surface area contributed by atoms with Crippen molar-refractivity contribution in [3.63, 3.8) is 0 Å². The summed E-state index contributed by atoms with van der Waals surface area (Å²) in [4.78, 5) is 11.9. The molecule has 0 bridgehead atoms. The summed E-state index contributed by atoms with van der Waals surface area (Å²) in [6.45, 7) is 4.20. The van der Waals surface area contributed by atoms with Gasteiger partial charge in [0.05, 0.1) is 0 Å². The van der Waals surface area contributed by atoms with Crippen LogP contribution in [0.1, 0.15) is 25.0 Å². The van der Waals surface area contributed by atoms with E-state index in [1.54, 1.807) is 0 Å². The lowest BCUT2D eigenvalue weighted by molar-refractivity contribution is 0.378. The summed E-state index contributed by atoms with van der Waals surface area (Å²) < 4.78 is 0. The first-order valence-corrected chi connectivity index (χ1v) is 10.4. The van der Waals surface area contributed by atoms with E-state index in [0.29, 0.717) is 6.04 Å². The van der Waals surface area contributed by atoms with E-state index in [9.17, 15) is 0 Å². The molecule has 2 aromatic rings. The van der Waals surface area contributed by atoms with Gasteiger partial charge in [0, 0.05) is 48.2 Å². The summed E-state index contributed by atoms with van der Waals surface area (Å²) in [7, 11) is 0. The van der Waals surface area contributed by atoms with Crippen LogP contribution in [0.4, 0.5) is 5.82 Å². The molecule has 0 saturated carbocycles. The van der Waals surface area contributed by atoms with Crippen LogP contribution in [0, 0.1) is 6.92 Å². The zero-order chi connectivity index (χ0) is 17.1. The quantitative estimate of drug-likeness (QED) is 0.910. The highest BCUT2D eigenvalue weighted by Crippen LogP contribution is 2.24. The summed E-state index contributed by atoms with van der Waals surface area (Å²) in [6.07, 6.45) is 3.73. The normalized spacial score (nSPS) is 21.6. The minimum atomic E-state index is 0.663. The van der Waals surface area contributed by atoms with Crippen molar-refractivity contribution in [1.82, 2.24) is 15.3 Å². The van der Waals surface area contributed by atoms with Gasteiger partial charge in [-0.15, -0.1) is 0 Å². The van der Waals surface area contributed by atoms with Gasteiger partial charge in [0.2, 0.25) is 0 Å². The molecule has 2 aliphatic heterocycles. The Morgan fingerprint density at radius 3 is 2.56 bits per heavy atom. The van der Waals surface area contributed by atoms with Crippen molar-refractivity contribution in [2.75, 3.05) is 29.5 Å². The first-order valence-electron chi connectivity index (χ1n) is 9.28. The second-order valence-corrected chi connectivity index (χ2v) is 8.20. The van der Waals surface area contributed by atoms with Crippen molar-refractivity contribution < 1.29 is 0 Å². The third-order valence-electron chi connectivity index (χ3n) is 5.09. The summed E-state index contributed by atoms with van der Waals surface area (Å²) in [5.74, 6) is 4.50. The lowest BCUT2D eigenvalue weighted by atomic mass is 10.0. The fourth-order valence-electron chi connectivity index (χ4n) is 3.70. The molecule has 132 valence electrons. The van der Waals surface area contributed by atoms with E-state index in [1.807, 2.05) is 18.2 Å². The molecule has 2 fully saturated rings. The number of benzene rings is 1. The first-order chi connectivity index (χ1) is 12.3. The number of aryl methyl sites for hydroxylation is 1. The van der Waals surface area contributed by atoms with E-state index in [1.165, 1.54) is 30.8 Å². The maximum absolute atomic E-state index is 4.85. The van der Waals surface area contributed by atoms with E-state index < -0.39 is 0 Å². The SMILES string of the molecule is Cc1cc(N2CCC(N[C@H]3CCSC3)CC2)nc(-c2ccccc2)n1. The van der Waals surface area contributed by atoms with Gasteiger partial charge in [0.1, 0.15) is 5.82 Å². The van der Waals surface area contributed by atoms with Crippen LogP contribution in [0.15, 0.2) is 36.4 Å². The predicted molar refractivity (Wildman–Crippen MR) is 106 cm³/mol. The molecular weight excluding hydrogens is 328 g/mol. The molecule has 0 radical (unpaired) electrons. The molecule has 2 saturated heterocycles. The number of piperidine rings is 1. The van der Waals surface area contributed by atoms with Crippen molar-refractivity contribution in [1.29, 1.82) is 0 Å². The molecule has 2 aliphatic rings. The van der Waals surface area contributed by atoms with Crippen molar-refractivity contribution in [2.45, 2.75) is 38.3 Å². The Hall–Kier alpha value is -1.59. The van der Waals surface area contributed by atoms with Crippen LogP contribution in [-0.4, -0.2) is 46.6 Å². The summed E-state index contributed by atoms with van der Waals surface area (Å²) in [5.41, 5.74) is 2.12. The van der Waals surface area contributed by atoms with Crippen LogP contribution in [0.25, 0.3) is 11.4 Å². The van der Waals surface area contributed by atoms with Gasteiger partial charge in [-0.2, -0.15) is 11.8 Å². The summed E-state index contributed by atoms with van der Waals surface area (Å²) in [6, 6.07) is 13.8. The van der Waals surface area contributed by atoms with E-state index in [0.717, 1.165) is 42.0 Å². The minimum Gasteiger partial charge on any atom is -0.356 e. The highest BCUT2D eigenvalue weighted by Gasteiger charge is 2.24. The van der Waals surface area contributed by atoms with Gasteiger partial charge in [-0.25, -0.2) is 9.97 Å². The fourth-order valence-corrected chi connectivity index (χ4v) is 4.87. The molecule has 0 unspecified atom stereocenters. The molecule has 3 heterocycles. The number of anilines is 1. The van der Waals surface area contributed by atoms with Crippen LogP contribution in [0.3, 0.4) is 0 Å². The molecule has 4 rings (SSSR count). The van der Waals surface area contributed by atoms with Gasteiger partial charge in [0.15, 0.2) is 5.82 Å². The highest BCUT2D eigenvalue weighted by molar-refractivity contribution is 7.99. The molecule has 0 spiro atoms. The summed E-state index contributed by atoms with van der Waals surface area (Å²) >= 11 is 2.08. The van der Waals surface area contributed by atoms with Crippen molar-refractivity contribution in [3.8, 4) is 11.4 Å². The first kappa shape index (κ1) is 16.9. The Kier molecular flexibility index (Phi) is 5.22. The maximum atomic E-state index is 4.85. The predicted octanol–water partition coefficient (Wildman–Crippen LogP) is 3.52. The van der Waals surface area contributed by atoms with Gasteiger partial charge in [0.25, 0.3) is 0 Å². The molecule has 1 N–H and O–H groups in total. The van der Waals surface area contributed by atoms with E-state index in [2.05, 4.69) is 52.1 Å². The van der Waals surface area contributed by atoms with Gasteiger partial charge in [-0.3, -0.25) is 0 Å². The van der Waals surface area contributed by atoms with E-state index in [4.69, 9.17) is 4.98 Å². The Bertz CT molecular complexity index is 692. The monoisotopic (exact) mass is 354 g/mol. The number of hydrogen-bond donors (Lipinski definition) is 1. The minimum absolute atomic E-state index is 0.663. The van der Waals surface area contributed by atoms with Crippen LogP contribution < -0.4 is 10.2 Å². The number of rotatable bonds is 4. The Morgan fingerprint density at radius 1 is 1.04 bits per heavy atom. The Morgan fingerprint density at radius 2 is 1.84 bits per heavy atom.